The third-order valence-electron chi connectivity index (χ3n) is 2.53. The van der Waals surface area contributed by atoms with Gasteiger partial charge >= 0.3 is 14.2 Å². The zero-order valence-corrected chi connectivity index (χ0v) is 17.3. The van der Waals surface area contributed by atoms with Crippen LogP contribution in [0, 0.1) is 5.41 Å². The van der Waals surface area contributed by atoms with Gasteiger partial charge in [0.25, 0.3) is 0 Å². The van der Waals surface area contributed by atoms with Crippen molar-refractivity contribution in [3.63, 3.8) is 0 Å². The summed E-state index contributed by atoms with van der Waals surface area (Å²) in [5, 5.41) is 0.524. The standard InChI is InChI=1S/C13H17ClO3.C4H10O3P/c1-13(2,3)12(15)17-11-6-9(8-16-4)5-10(14)7-11;1-3-6-8(5)7-4-2/h5-7H,8H2,1-4H3;3-4H2,1-2H3/q;+1. The van der Waals surface area contributed by atoms with Crippen molar-refractivity contribution in [2.45, 2.75) is 41.2 Å². The molecule has 6 nitrogen and oxygen atoms in total. The summed E-state index contributed by atoms with van der Waals surface area (Å²) in [6.07, 6.45) is 0. The van der Waals surface area contributed by atoms with Crippen molar-refractivity contribution in [2.75, 3.05) is 20.3 Å². The predicted molar refractivity (Wildman–Crippen MR) is 98.1 cm³/mol. The van der Waals surface area contributed by atoms with Gasteiger partial charge in [-0.25, -0.2) is 0 Å². The number of ether oxygens (including phenoxy) is 2. The van der Waals surface area contributed by atoms with E-state index in [1.807, 2.05) is 0 Å². The molecule has 0 N–H and O–H groups in total. The van der Waals surface area contributed by atoms with Crippen LogP contribution in [0.2, 0.25) is 5.02 Å². The van der Waals surface area contributed by atoms with Crippen molar-refractivity contribution in [1.82, 2.24) is 0 Å². The first-order valence-electron chi connectivity index (χ1n) is 7.87. The summed E-state index contributed by atoms with van der Waals surface area (Å²) in [5.41, 5.74) is 0.334. The lowest BCUT2D eigenvalue weighted by atomic mass is 9.97. The van der Waals surface area contributed by atoms with Crippen LogP contribution in [0.3, 0.4) is 0 Å². The molecule has 1 aromatic rings. The highest BCUT2D eigenvalue weighted by Gasteiger charge is 2.23. The molecule has 0 heterocycles. The van der Waals surface area contributed by atoms with Crippen molar-refractivity contribution in [3.8, 4) is 5.75 Å². The molecule has 0 saturated carbocycles. The molecule has 0 amide bonds. The first-order chi connectivity index (χ1) is 11.6. The number of methoxy groups -OCH3 is 1. The Balaban J connectivity index is 0.000000609. The summed E-state index contributed by atoms with van der Waals surface area (Å²) in [7, 11) is -0.232. The SMILES string of the molecule is CCO[P+](=O)OCC.COCc1cc(Cl)cc(OC(=O)C(C)(C)C)c1. The molecule has 0 saturated heterocycles. The molecule has 0 spiro atoms. The van der Waals surface area contributed by atoms with E-state index in [1.165, 1.54) is 0 Å². The van der Waals surface area contributed by atoms with Gasteiger partial charge in [-0.2, -0.15) is 0 Å². The average molecular weight is 394 g/mol. The van der Waals surface area contributed by atoms with Gasteiger partial charge < -0.3 is 9.47 Å². The molecule has 0 fully saturated rings. The molecule has 25 heavy (non-hydrogen) atoms. The van der Waals surface area contributed by atoms with E-state index in [0.717, 1.165) is 5.56 Å². The molecule has 8 heteroatoms. The van der Waals surface area contributed by atoms with Crippen LogP contribution in [0.15, 0.2) is 18.2 Å². The van der Waals surface area contributed by atoms with Gasteiger partial charge in [-0.1, -0.05) is 11.6 Å². The fourth-order valence-corrected chi connectivity index (χ4v) is 2.18. The van der Waals surface area contributed by atoms with Gasteiger partial charge in [-0.05, 0) is 58.4 Å². The average Bonchev–Trinajstić information content (AvgIpc) is 2.47. The quantitative estimate of drug-likeness (QED) is 0.362. The lowest BCUT2D eigenvalue weighted by Crippen LogP contribution is -2.25. The molecule has 1 aromatic carbocycles. The molecular weight excluding hydrogens is 367 g/mol. The Morgan fingerprint density at radius 2 is 1.68 bits per heavy atom. The molecule has 0 atom stereocenters. The maximum Gasteiger partial charge on any atom is 0.697 e. The van der Waals surface area contributed by atoms with Gasteiger partial charge in [0.15, 0.2) is 0 Å². The number of halogens is 1. The molecular formula is C17H27ClO6P+. The summed E-state index contributed by atoms with van der Waals surface area (Å²) in [6, 6.07) is 5.14. The van der Waals surface area contributed by atoms with E-state index in [1.54, 1.807) is 59.9 Å². The number of hydrogen-bond acceptors (Lipinski definition) is 6. The van der Waals surface area contributed by atoms with Crippen molar-refractivity contribution >= 4 is 25.8 Å². The first kappa shape index (κ1) is 24.0. The summed E-state index contributed by atoms with van der Waals surface area (Å²) in [5.74, 6) is 0.160. The van der Waals surface area contributed by atoms with E-state index < -0.39 is 13.7 Å². The van der Waals surface area contributed by atoms with Gasteiger partial charge in [0.05, 0.1) is 12.0 Å². The minimum atomic E-state index is -1.83. The number of esters is 1. The molecule has 0 unspecified atom stereocenters. The fourth-order valence-electron chi connectivity index (χ4n) is 1.44. The predicted octanol–water partition coefficient (Wildman–Crippen LogP) is 5.15. The Kier molecular flexibility index (Phi) is 11.8. The van der Waals surface area contributed by atoms with E-state index in [4.69, 9.17) is 21.1 Å². The first-order valence-corrected chi connectivity index (χ1v) is 9.35. The molecule has 0 bridgehead atoms. The number of rotatable bonds is 7. The summed E-state index contributed by atoms with van der Waals surface area (Å²) in [6.45, 7) is 10.3. The smallest absolute Gasteiger partial charge is 0.426 e. The molecule has 0 aliphatic heterocycles. The largest absolute Gasteiger partial charge is 0.697 e. The maximum atomic E-state index is 11.7. The van der Waals surface area contributed by atoms with Crippen molar-refractivity contribution in [3.05, 3.63) is 28.8 Å². The second-order valence-corrected chi connectivity index (χ2v) is 7.33. The Morgan fingerprint density at radius 3 is 2.12 bits per heavy atom. The molecule has 0 radical (unpaired) electrons. The van der Waals surface area contributed by atoms with Crippen LogP contribution < -0.4 is 4.74 Å². The number of hydrogen-bond donors (Lipinski definition) is 0. The van der Waals surface area contributed by atoms with Gasteiger partial charge in [-0.15, -0.1) is 9.05 Å². The lowest BCUT2D eigenvalue weighted by Gasteiger charge is -2.16. The monoisotopic (exact) mass is 393 g/mol. The van der Waals surface area contributed by atoms with E-state index in [0.29, 0.717) is 30.6 Å². The number of benzene rings is 1. The Morgan fingerprint density at radius 1 is 1.12 bits per heavy atom. The fraction of sp³-hybridized carbons (Fsp3) is 0.588. The van der Waals surface area contributed by atoms with Crippen LogP contribution in [-0.2, 0) is 29.8 Å². The topological polar surface area (TPSA) is 71.1 Å². The highest BCUT2D eigenvalue weighted by atomic mass is 35.5. The second-order valence-electron chi connectivity index (χ2n) is 5.93. The second kappa shape index (κ2) is 12.3. The molecule has 142 valence electrons. The Hall–Kier alpha value is -1.04. The van der Waals surface area contributed by atoms with Gasteiger partial charge in [0, 0.05) is 16.7 Å². The summed E-state index contributed by atoms with van der Waals surface area (Å²) >= 11 is 5.94. The highest BCUT2D eigenvalue weighted by Crippen LogP contribution is 2.24. The van der Waals surface area contributed by atoms with Gasteiger partial charge in [0.2, 0.25) is 0 Å². The minimum absolute atomic E-state index is 0.289. The van der Waals surface area contributed by atoms with E-state index >= 15 is 0 Å². The number of carbonyl (C=O) groups is 1. The van der Waals surface area contributed by atoms with Crippen LogP contribution in [0.5, 0.6) is 5.75 Å². The van der Waals surface area contributed by atoms with Gasteiger partial charge in [0.1, 0.15) is 19.0 Å². The Bertz CT molecular complexity index is 549. The molecule has 0 aliphatic carbocycles. The van der Waals surface area contributed by atoms with E-state index in [9.17, 15) is 9.36 Å². The van der Waals surface area contributed by atoms with Crippen molar-refractivity contribution in [1.29, 1.82) is 0 Å². The van der Waals surface area contributed by atoms with E-state index in [-0.39, 0.29) is 5.97 Å². The van der Waals surface area contributed by atoms with Gasteiger partial charge in [-0.3, -0.25) is 4.79 Å². The Labute approximate surface area is 155 Å². The summed E-state index contributed by atoms with van der Waals surface area (Å²) < 4.78 is 29.8. The van der Waals surface area contributed by atoms with Crippen molar-refractivity contribution < 1.29 is 27.9 Å². The van der Waals surface area contributed by atoms with Crippen LogP contribution in [-0.4, -0.2) is 26.3 Å². The lowest BCUT2D eigenvalue weighted by molar-refractivity contribution is -0.143. The number of carbonyl (C=O) groups excluding carboxylic acids is 1. The van der Waals surface area contributed by atoms with E-state index in [2.05, 4.69) is 9.05 Å². The maximum absolute atomic E-state index is 11.7. The zero-order chi connectivity index (χ0) is 19.5. The third-order valence-corrected chi connectivity index (χ3v) is 3.69. The third kappa shape index (κ3) is 11.2. The minimum Gasteiger partial charge on any atom is -0.426 e. The van der Waals surface area contributed by atoms with Crippen LogP contribution in [0.1, 0.15) is 40.2 Å². The normalized spacial score (nSPS) is 10.7. The summed E-state index contributed by atoms with van der Waals surface area (Å²) in [4.78, 5) is 11.7. The molecule has 0 aromatic heterocycles. The van der Waals surface area contributed by atoms with Crippen molar-refractivity contribution in [2.24, 2.45) is 5.41 Å². The molecule has 0 aliphatic rings. The van der Waals surface area contributed by atoms with Crippen LogP contribution in [0.25, 0.3) is 0 Å². The van der Waals surface area contributed by atoms with Crippen LogP contribution >= 0.6 is 19.9 Å². The highest BCUT2D eigenvalue weighted by molar-refractivity contribution is 7.33. The molecule has 1 rings (SSSR count). The van der Waals surface area contributed by atoms with Crippen LogP contribution in [0.4, 0.5) is 0 Å². The zero-order valence-electron chi connectivity index (χ0n) is 15.6.